The van der Waals surface area contributed by atoms with E-state index in [0.717, 1.165) is 6.42 Å². The van der Waals surface area contributed by atoms with Crippen LogP contribution in [0, 0.1) is 0 Å². The number of ether oxygens (including phenoxy) is 1. The average Bonchev–Trinajstić information content (AvgIpc) is 1.89. The molecule has 0 radical (unpaired) electrons. The van der Waals surface area contributed by atoms with Gasteiger partial charge < -0.3 is 10.5 Å². The van der Waals surface area contributed by atoms with Crippen molar-refractivity contribution in [2.75, 3.05) is 6.61 Å². The molecule has 0 saturated carbocycles. The largest absolute Gasteiger partial charge is 0.465 e. The summed E-state index contributed by atoms with van der Waals surface area (Å²) in [5.41, 5.74) is 5.44. The highest BCUT2D eigenvalue weighted by Crippen LogP contribution is 1.95. The maximum absolute atomic E-state index is 10.8. The summed E-state index contributed by atoms with van der Waals surface area (Å²) >= 11 is 0. The predicted octanol–water partition coefficient (Wildman–Crippen LogP) is 0.677. The number of carbonyl (C=O) groups excluding carboxylic acids is 1. The Morgan fingerprint density at radius 2 is 2.20 bits per heavy atom. The molecule has 0 saturated heterocycles. The summed E-state index contributed by atoms with van der Waals surface area (Å²) in [4.78, 5) is 10.8. The molecule has 0 aliphatic carbocycles. The summed E-state index contributed by atoms with van der Waals surface area (Å²) in [6, 6.07) is -0.426. The maximum atomic E-state index is 10.8. The summed E-state index contributed by atoms with van der Waals surface area (Å²) in [5, 5.41) is 0. The lowest BCUT2D eigenvalue weighted by atomic mass is 10.2. The van der Waals surface area contributed by atoms with Crippen LogP contribution in [0.15, 0.2) is 0 Å². The third kappa shape index (κ3) is 3.45. The molecule has 0 aromatic carbocycles. The molecule has 0 spiro atoms. The molecular weight excluding hydrogens is 130 g/mol. The van der Waals surface area contributed by atoms with Gasteiger partial charge in [-0.3, -0.25) is 4.79 Å². The van der Waals surface area contributed by atoms with E-state index >= 15 is 0 Å². The van der Waals surface area contributed by atoms with Gasteiger partial charge in [0.15, 0.2) is 0 Å². The zero-order valence-corrected chi connectivity index (χ0v) is 6.59. The minimum Gasteiger partial charge on any atom is -0.465 e. The molecule has 3 heteroatoms. The van der Waals surface area contributed by atoms with Gasteiger partial charge in [-0.1, -0.05) is 13.3 Å². The van der Waals surface area contributed by atoms with Crippen LogP contribution in [0.3, 0.4) is 0 Å². The van der Waals surface area contributed by atoms with Crippen molar-refractivity contribution >= 4 is 5.97 Å². The van der Waals surface area contributed by atoms with E-state index in [9.17, 15) is 4.79 Å². The Morgan fingerprint density at radius 1 is 1.60 bits per heavy atom. The molecule has 0 aliphatic rings. The van der Waals surface area contributed by atoms with Crippen molar-refractivity contribution in [2.24, 2.45) is 5.73 Å². The van der Waals surface area contributed by atoms with Crippen LogP contribution >= 0.6 is 0 Å². The monoisotopic (exact) mass is 145 g/mol. The van der Waals surface area contributed by atoms with Gasteiger partial charge in [0, 0.05) is 0 Å². The molecule has 3 nitrogen and oxygen atoms in total. The molecular formula is C7H15NO2. The Bertz CT molecular complexity index is 104. The molecule has 2 N–H and O–H groups in total. The predicted molar refractivity (Wildman–Crippen MR) is 39.5 cm³/mol. The van der Waals surface area contributed by atoms with Crippen LogP contribution in [-0.4, -0.2) is 18.6 Å². The minimum atomic E-state index is -0.426. The van der Waals surface area contributed by atoms with Crippen molar-refractivity contribution in [3.8, 4) is 0 Å². The summed E-state index contributed by atoms with van der Waals surface area (Å²) in [7, 11) is 0. The van der Waals surface area contributed by atoms with Gasteiger partial charge in [-0.05, 0) is 13.3 Å². The Kier molecular flexibility index (Phi) is 4.94. The van der Waals surface area contributed by atoms with Crippen LogP contribution in [0.4, 0.5) is 0 Å². The Morgan fingerprint density at radius 3 is 2.60 bits per heavy atom. The van der Waals surface area contributed by atoms with E-state index in [4.69, 9.17) is 10.5 Å². The van der Waals surface area contributed by atoms with E-state index in [-0.39, 0.29) is 5.97 Å². The molecule has 0 amide bonds. The second-order valence-electron chi connectivity index (χ2n) is 2.15. The molecule has 0 aromatic heterocycles. The third-order valence-electron chi connectivity index (χ3n) is 1.19. The van der Waals surface area contributed by atoms with Gasteiger partial charge in [0.1, 0.15) is 6.04 Å². The van der Waals surface area contributed by atoms with E-state index < -0.39 is 6.04 Å². The number of hydrogen-bond donors (Lipinski definition) is 1. The Balaban J connectivity index is 3.49. The molecule has 10 heavy (non-hydrogen) atoms. The second-order valence-corrected chi connectivity index (χ2v) is 2.15. The van der Waals surface area contributed by atoms with E-state index in [0.29, 0.717) is 13.0 Å². The fourth-order valence-corrected chi connectivity index (χ4v) is 0.678. The van der Waals surface area contributed by atoms with Crippen molar-refractivity contribution in [3.05, 3.63) is 0 Å². The molecule has 0 unspecified atom stereocenters. The van der Waals surface area contributed by atoms with Crippen LogP contribution in [0.1, 0.15) is 26.7 Å². The highest BCUT2D eigenvalue weighted by Gasteiger charge is 2.11. The SMILES string of the molecule is CCC[C@@H](N)C(=O)OCC. The number of nitrogens with two attached hydrogens (primary N) is 1. The lowest BCUT2D eigenvalue weighted by Gasteiger charge is -2.07. The number of esters is 1. The van der Waals surface area contributed by atoms with Crippen molar-refractivity contribution < 1.29 is 9.53 Å². The standard InChI is InChI=1S/C7H15NO2/c1-3-5-6(8)7(9)10-4-2/h6H,3-5,8H2,1-2H3/t6-/m1/s1. The molecule has 0 aromatic rings. The van der Waals surface area contributed by atoms with E-state index in [1.165, 1.54) is 0 Å². The zero-order valence-electron chi connectivity index (χ0n) is 6.59. The van der Waals surface area contributed by atoms with Crippen LogP contribution < -0.4 is 5.73 Å². The minimum absolute atomic E-state index is 0.288. The highest BCUT2D eigenvalue weighted by atomic mass is 16.5. The molecule has 0 rings (SSSR count). The molecule has 60 valence electrons. The first kappa shape index (κ1) is 9.43. The van der Waals surface area contributed by atoms with Crippen LogP contribution in [0.25, 0.3) is 0 Å². The number of rotatable bonds is 4. The average molecular weight is 145 g/mol. The lowest BCUT2D eigenvalue weighted by Crippen LogP contribution is -2.31. The second kappa shape index (κ2) is 5.23. The Hall–Kier alpha value is -0.570. The van der Waals surface area contributed by atoms with Gasteiger partial charge in [0.25, 0.3) is 0 Å². The van der Waals surface area contributed by atoms with Gasteiger partial charge in [0.05, 0.1) is 6.61 Å². The van der Waals surface area contributed by atoms with Crippen molar-refractivity contribution in [3.63, 3.8) is 0 Å². The first-order chi connectivity index (χ1) is 4.72. The summed E-state index contributed by atoms with van der Waals surface area (Å²) < 4.78 is 4.69. The van der Waals surface area contributed by atoms with Gasteiger partial charge in [-0.15, -0.1) is 0 Å². The lowest BCUT2D eigenvalue weighted by molar-refractivity contribution is -0.144. The quantitative estimate of drug-likeness (QED) is 0.592. The first-order valence-corrected chi connectivity index (χ1v) is 3.64. The molecule has 0 bridgehead atoms. The normalized spacial score (nSPS) is 12.7. The van der Waals surface area contributed by atoms with E-state index in [1.807, 2.05) is 6.92 Å². The maximum Gasteiger partial charge on any atom is 0.322 e. The fourth-order valence-electron chi connectivity index (χ4n) is 0.678. The van der Waals surface area contributed by atoms with Crippen molar-refractivity contribution in [2.45, 2.75) is 32.7 Å². The number of hydrogen-bond acceptors (Lipinski definition) is 3. The van der Waals surface area contributed by atoms with Crippen molar-refractivity contribution in [1.29, 1.82) is 0 Å². The van der Waals surface area contributed by atoms with Crippen LogP contribution in [0.5, 0.6) is 0 Å². The fraction of sp³-hybridized carbons (Fsp3) is 0.857. The zero-order chi connectivity index (χ0) is 7.98. The topological polar surface area (TPSA) is 52.3 Å². The summed E-state index contributed by atoms with van der Waals surface area (Å²) in [6.07, 6.45) is 1.62. The van der Waals surface area contributed by atoms with Gasteiger partial charge >= 0.3 is 5.97 Å². The molecule has 0 heterocycles. The molecule has 0 aliphatic heterocycles. The summed E-state index contributed by atoms with van der Waals surface area (Å²) in [5.74, 6) is -0.288. The van der Waals surface area contributed by atoms with E-state index in [2.05, 4.69) is 0 Å². The smallest absolute Gasteiger partial charge is 0.322 e. The van der Waals surface area contributed by atoms with E-state index in [1.54, 1.807) is 6.92 Å². The third-order valence-corrected chi connectivity index (χ3v) is 1.19. The van der Waals surface area contributed by atoms with Crippen LogP contribution in [0.2, 0.25) is 0 Å². The highest BCUT2D eigenvalue weighted by molar-refractivity contribution is 5.75. The Labute approximate surface area is 61.5 Å². The van der Waals surface area contributed by atoms with Crippen molar-refractivity contribution in [1.82, 2.24) is 0 Å². The van der Waals surface area contributed by atoms with Gasteiger partial charge in [0.2, 0.25) is 0 Å². The van der Waals surface area contributed by atoms with Gasteiger partial charge in [-0.25, -0.2) is 0 Å². The molecule has 1 atom stereocenters. The summed E-state index contributed by atoms with van der Waals surface area (Å²) in [6.45, 7) is 4.17. The number of carbonyl (C=O) groups is 1. The van der Waals surface area contributed by atoms with Gasteiger partial charge in [-0.2, -0.15) is 0 Å². The first-order valence-electron chi connectivity index (χ1n) is 3.64. The molecule has 0 fully saturated rings. The van der Waals surface area contributed by atoms with Crippen LogP contribution in [-0.2, 0) is 9.53 Å².